The predicted molar refractivity (Wildman–Crippen MR) is 73.5 cm³/mol. The van der Waals surface area contributed by atoms with Crippen LogP contribution in [-0.2, 0) is 6.54 Å². The molecule has 0 aliphatic rings. The summed E-state index contributed by atoms with van der Waals surface area (Å²) >= 11 is 3.07. The molecule has 1 aromatic heterocycles. The third kappa shape index (κ3) is 3.71. The van der Waals surface area contributed by atoms with Crippen LogP contribution in [0, 0.1) is 11.6 Å². The first-order valence-corrected chi connectivity index (χ1v) is 6.73. The van der Waals surface area contributed by atoms with Gasteiger partial charge in [-0.1, -0.05) is 22.9 Å². The topological polar surface area (TPSA) is 47.0 Å². The van der Waals surface area contributed by atoms with E-state index in [2.05, 4.69) is 31.2 Å². The summed E-state index contributed by atoms with van der Waals surface area (Å²) in [7, 11) is 0. The Labute approximate surface area is 123 Å². The van der Waals surface area contributed by atoms with E-state index in [9.17, 15) is 8.78 Å². The SMILES string of the molecule is CCNCc1cnc(Oc2cc(Br)cc(F)c2F)cn1. The van der Waals surface area contributed by atoms with E-state index in [-0.39, 0.29) is 11.6 Å². The number of rotatable bonds is 5. The molecule has 0 atom stereocenters. The highest BCUT2D eigenvalue weighted by Crippen LogP contribution is 2.28. The van der Waals surface area contributed by atoms with Gasteiger partial charge in [0, 0.05) is 11.0 Å². The normalized spacial score (nSPS) is 10.6. The van der Waals surface area contributed by atoms with Gasteiger partial charge >= 0.3 is 0 Å². The Morgan fingerprint density at radius 3 is 2.70 bits per heavy atom. The number of halogens is 3. The van der Waals surface area contributed by atoms with Crippen molar-refractivity contribution in [3.8, 4) is 11.6 Å². The van der Waals surface area contributed by atoms with Gasteiger partial charge in [0.15, 0.2) is 11.6 Å². The summed E-state index contributed by atoms with van der Waals surface area (Å²) in [5.74, 6) is -2.20. The lowest BCUT2D eigenvalue weighted by atomic mass is 10.3. The molecule has 2 rings (SSSR count). The Bertz CT molecular complexity index is 593. The Morgan fingerprint density at radius 2 is 2.05 bits per heavy atom. The van der Waals surface area contributed by atoms with Crippen molar-refractivity contribution in [3.05, 3.63) is 46.3 Å². The zero-order chi connectivity index (χ0) is 14.5. The fourth-order valence-corrected chi connectivity index (χ4v) is 1.87. The van der Waals surface area contributed by atoms with Crippen LogP contribution in [-0.4, -0.2) is 16.5 Å². The number of aromatic nitrogens is 2. The van der Waals surface area contributed by atoms with E-state index in [1.165, 1.54) is 18.5 Å². The average Bonchev–Trinajstić information content (AvgIpc) is 2.43. The van der Waals surface area contributed by atoms with Crippen LogP contribution in [0.3, 0.4) is 0 Å². The van der Waals surface area contributed by atoms with Gasteiger partial charge in [-0.05, 0) is 18.7 Å². The molecule has 0 saturated carbocycles. The number of nitrogens with one attached hydrogen (secondary N) is 1. The van der Waals surface area contributed by atoms with Crippen LogP contribution >= 0.6 is 15.9 Å². The Morgan fingerprint density at radius 1 is 1.25 bits per heavy atom. The van der Waals surface area contributed by atoms with Crippen molar-refractivity contribution in [2.24, 2.45) is 0 Å². The molecule has 1 aromatic carbocycles. The highest BCUT2D eigenvalue weighted by molar-refractivity contribution is 9.10. The third-order valence-electron chi connectivity index (χ3n) is 2.41. The van der Waals surface area contributed by atoms with Crippen molar-refractivity contribution < 1.29 is 13.5 Å². The van der Waals surface area contributed by atoms with Crippen LogP contribution in [0.15, 0.2) is 29.0 Å². The summed E-state index contributed by atoms with van der Waals surface area (Å²) in [4.78, 5) is 8.11. The molecule has 0 spiro atoms. The molecule has 7 heteroatoms. The maximum absolute atomic E-state index is 13.5. The van der Waals surface area contributed by atoms with Gasteiger partial charge in [-0.25, -0.2) is 9.37 Å². The highest BCUT2D eigenvalue weighted by atomic mass is 79.9. The van der Waals surface area contributed by atoms with Gasteiger partial charge in [0.2, 0.25) is 11.7 Å². The van der Waals surface area contributed by atoms with Crippen LogP contribution in [0.2, 0.25) is 0 Å². The molecule has 0 unspecified atom stereocenters. The molecule has 1 N–H and O–H groups in total. The molecule has 0 aliphatic carbocycles. The van der Waals surface area contributed by atoms with Gasteiger partial charge in [0.1, 0.15) is 0 Å². The van der Waals surface area contributed by atoms with E-state index in [1.54, 1.807) is 0 Å². The Balaban J connectivity index is 2.14. The molecule has 2 aromatic rings. The molecular formula is C13H12BrF2N3O. The molecule has 20 heavy (non-hydrogen) atoms. The number of nitrogens with zero attached hydrogens (tertiary/aromatic N) is 2. The lowest BCUT2D eigenvalue weighted by Gasteiger charge is -2.07. The molecule has 0 amide bonds. The molecule has 0 saturated heterocycles. The molecule has 0 aliphatic heterocycles. The van der Waals surface area contributed by atoms with Gasteiger partial charge in [-0.2, -0.15) is 4.39 Å². The summed E-state index contributed by atoms with van der Waals surface area (Å²) < 4.78 is 32.3. The number of hydrogen-bond acceptors (Lipinski definition) is 4. The van der Waals surface area contributed by atoms with Crippen LogP contribution in [0.4, 0.5) is 8.78 Å². The van der Waals surface area contributed by atoms with Gasteiger partial charge in [-0.15, -0.1) is 0 Å². The van der Waals surface area contributed by atoms with E-state index >= 15 is 0 Å². The molecule has 0 fully saturated rings. The smallest absolute Gasteiger partial charge is 0.237 e. The van der Waals surface area contributed by atoms with Crippen LogP contribution < -0.4 is 10.1 Å². The zero-order valence-corrected chi connectivity index (χ0v) is 12.2. The zero-order valence-electron chi connectivity index (χ0n) is 10.7. The van der Waals surface area contributed by atoms with Crippen molar-refractivity contribution >= 4 is 15.9 Å². The Kier molecular flexibility index (Phi) is 4.97. The summed E-state index contributed by atoms with van der Waals surface area (Å²) in [6, 6.07) is 2.35. The summed E-state index contributed by atoms with van der Waals surface area (Å²) in [6.45, 7) is 3.39. The van der Waals surface area contributed by atoms with E-state index in [0.29, 0.717) is 11.0 Å². The highest BCUT2D eigenvalue weighted by Gasteiger charge is 2.12. The van der Waals surface area contributed by atoms with Crippen LogP contribution in [0.25, 0.3) is 0 Å². The third-order valence-corrected chi connectivity index (χ3v) is 2.87. The second-order valence-corrected chi connectivity index (χ2v) is 4.84. The van der Waals surface area contributed by atoms with Crippen LogP contribution in [0.1, 0.15) is 12.6 Å². The van der Waals surface area contributed by atoms with E-state index in [4.69, 9.17) is 4.74 Å². The fourth-order valence-electron chi connectivity index (χ4n) is 1.46. The van der Waals surface area contributed by atoms with Crippen LogP contribution in [0.5, 0.6) is 11.6 Å². The molecule has 106 valence electrons. The Hall–Kier alpha value is -1.60. The second-order valence-electron chi connectivity index (χ2n) is 3.93. The maximum atomic E-state index is 13.5. The van der Waals surface area contributed by atoms with Crippen molar-refractivity contribution in [2.45, 2.75) is 13.5 Å². The summed E-state index contributed by atoms with van der Waals surface area (Å²) in [6.07, 6.45) is 2.88. The van der Waals surface area contributed by atoms with Crippen molar-refractivity contribution in [3.63, 3.8) is 0 Å². The van der Waals surface area contributed by atoms with E-state index in [0.717, 1.165) is 18.3 Å². The first kappa shape index (κ1) is 14.8. The summed E-state index contributed by atoms with van der Waals surface area (Å²) in [5, 5.41) is 3.10. The lowest BCUT2D eigenvalue weighted by Crippen LogP contribution is -2.13. The van der Waals surface area contributed by atoms with Gasteiger partial charge in [0.25, 0.3) is 0 Å². The largest absolute Gasteiger partial charge is 0.434 e. The summed E-state index contributed by atoms with van der Waals surface area (Å²) in [5.41, 5.74) is 0.736. The van der Waals surface area contributed by atoms with Gasteiger partial charge < -0.3 is 10.1 Å². The number of ether oxygens (including phenoxy) is 1. The van der Waals surface area contributed by atoms with E-state index in [1.807, 2.05) is 6.92 Å². The van der Waals surface area contributed by atoms with Crippen molar-refractivity contribution in [2.75, 3.05) is 6.54 Å². The quantitative estimate of drug-likeness (QED) is 0.845. The van der Waals surface area contributed by atoms with Crippen molar-refractivity contribution in [1.29, 1.82) is 0 Å². The fraction of sp³-hybridized carbons (Fsp3) is 0.231. The first-order chi connectivity index (χ1) is 9.60. The molecule has 1 heterocycles. The second kappa shape index (κ2) is 6.71. The standard InChI is InChI=1S/C13H12BrF2N3O/c1-2-17-5-9-6-19-12(7-18-9)20-11-4-8(14)3-10(15)13(11)16/h3-4,6-7,17H,2,5H2,1H3. The van der Waals surface area contributed by atoms with Crippen molar-refractivity contribution in [1.82, 2.24) is 15.3 Å². The average molecular weight is 344 g/mol. The number of benzene rings is 1. The minimum absolute atomic E-state index is 0.0987. The van der Waals surface area contributed by atoms with Gasteiger partial charge in [-0.3, -0.25) is 4.98 Å². The molecule has 0 radical (unpaired) electrons. The number of hydrogen-bond donors (Lipinski definition) is 1. The molecule has 0 bridgehead atoms. The minimum atomic E-state index is -1.06. The first-order valence-electron chi connectivity index (χ1n) is 5.94. The molecular weight excluding hydrogens is 332 g/mol. The maximum Gasteiger partial charge on any atom is 0.237 e. The van der Waals surface area contributed by atoms with Gasteiger partial charge in [0.05, 0.1) is 18.1 Å². The monoisotopic (exact) mass is 343 g/mol. The lowest BCUT2D eigenvalue weighted by molar-refractivity contribution is 0.403. The van der Waals surface area contributed by atoms with E-state index < -0.39 is 11.6 Å². The minimum Gasteiger partial charge on any atom is -0.434 e. The molecule has 4 nitrogen and oxygen atoms in total. The predicted octanol–water partition coefficient (Wildman–Crippen LogP) is 3.42.